The monoisotopic (exact) mass is 466 g/mol. The molecular weight excluding hydrogens is 432 g/mol. The predicted octanol–water partition coefficient (Wildman–Crippen LogP) is -1.25. The van der Waals surface area contributed by atoms with Crippen LogP contribution in [0.2, 0.25) is 0 Å². The first-order valence-corrected chi connectivity index (χ1v) is 11.1. The van der Waals surface area contributed by atoms with Crippen LogP contribution < -0.4 is 16.4 Å². The fraction of sp³-hybridized carbons (Fsp3) is 0.667. The van der Waals surface area contributed by atoms with Crippen LogP contribution >= 0.6 is 0 Å². The zero-order valence-corrected chi connectivity index (χ0v) is 19.2. The number of carbonyl (C=O) groups is 4. The summed E-state index contributed by atoms with van der Waals surface area (Å²) in [7, 11) is 0. The lowest BCUT2D eigenvalue weighted by atomic mass is 9.97. The van der Waals surface area contributed by atoms with Crippen molar-refractivity contribution in [1.29, 1.82) is 0 Å². The third-order valence-corrected chi connectivity index (χ3v) is 6.03. The van der Waals surface area contributed by atoms with Gasteiger partial charge in [0.2, 0.25) is 17.7 Å². The number of imidazole rings is 1. The summed E-state index contributed by atoms with van der Waals surface area (Å²) in [6.45, 7) is 5.35. The first-order valence-electron chi connectivity index (χ1n) is 11.1. The van der Waals surface area contributed by atoms with E-state index in [1.165, 1.54) is 24.3 Å². The van der Waals surface area contributed by atoms with Gasteiger partial charge < -0.3 is 36.5 Å². The molecular formula is C21H34N6O6. The number of hydrogen-bond acceptors (Lipinski definition) is 7. The Morgan fingerprint density at radius 1 is 1.30 bits per heavy atom. The van der Waals surface area contributed by atoms with Crippen molar-refractivity contribution in [3.63, 3.8) is 0 Å². The van der Waals surface area contributed by atoms with Crippen molar-refractivity contribution in [1.82, 2.24) is 25.5 Å². The molecule has 0 aromatic carbocycles. The molecule has 1 aromatic heterocycles. The molecule has 1 aliphatic heterocycles. The quantitative estimate of drug-likeness (QED) is 0.233. The van der Waals surface area contributed by atoms with E-state index >= 15 is 0 Å². The fourth-order valence-electron chi connectivity index (χ4n) is 3.73. The van der Waals surface area contributed by atoms with Crippen LogP contribution in [0.5, 0.6) is 0 Å². The van der Waals surface area contributed by atoms with Gasteiger partial charge in [-0.05, 0) is 25.7 Å². The highest BCUT2D eigenvalue weighted by Crippen LogP contribution is 2.20. The number of nitrogens with one attached hydrogen (secondary N) is 3. The van der Waals surface area contributed by atoms with E-state index in [4.69, 9.17) is 5.73 Å². The first-order chi connectivity index (χ1) is 15.6. The number of carboxylic acids is 1. The Bertz CT molecular complexity index is 829. The Morgan fingerprint density at radius 2 is 2.00 bits per heavy atom. The van der Waals surface area contributed by atoms with Crippen molar-refractivity contribution >= 4 is 23.7 Å². The van der Waals surface area contributed by atoms with Crippen molar-refractivity contribution < 1.29 is 29.4 Å². The van der Waals surface area contributed by atoms with E-state index in [-0.39, 0.29) is 12.3 Å². The second kappa shape index (κ2) is 11.8. The highest BCUT2D eigenvalue weighted by Gasteiger charge is 2.39. The maximum Gasteiger partial charge on any atom is 0.326 e. The molecule has 1 aromatic rings. The van der Waals surface area contributed by atoms with Crippen LogP contribution in [0.25, 0.3) is 0 Å². The topological polar surface area (TPSA) is 191 Å². The summed E-state index contributed by atoms with van der Waals surface area (Å²) >= 11 is 0. The van der Waals surface area contributed by atoms with Crippen LogP contribution in [0.4, 0.5) is 0 Å². The van der Waals surface area contributed by atoms with Crippen molar-refractivity contribution in [2.45, 2.75) is 76.7 Å². The van der Waals surface area contributed by atoms with E-state index < -0.39 is 54.0 Å². The Hall–Kier alpha value is -2.99. The van der Waals surface area contributed by atoms with Gasteiger partial charge in [0, 0.05) is 24.9 Å². The third kappa shape index (κ3) is 6.75. The van der Waals surface area contributed by atoms with Gasteiger partial charge >= 0.3 is 5.97 Å². The molecule has 2 rings (SSSR count). The van der Waals surface area contributed by atoms with Gasteiger partial charge in [-0.15, -0.1) is 0 Å². The van der Waals surface area contributed by atoms with Crippen LogP contribution in [0.3, 0.4) is 0 Å². The zero-order valence-electron chi connectivity index (χ0n) is 19.2. The number of carbonyl (C=O) groups excluding carboxylic acids is 3. The van der Waals surface area contributed by atoms with Crippen molar-refractivity contribution in [2.24, 2.45) is 11.7 Å². The molecule has 1 fully saturated rings. The van der Waals surface area contributed by atoms with E-state index in [9.17, 15) is 29.4 Å². The maximum atomic E-state index is 13.0. The van der Waals surface area contributed by atoms with E-state index in [0.29, 0.717) is 31.5 Å². The Labute approximate surface area is 192 Å². The van der Waals surface area contributed by atoms with Gasteiger partial charge in [0.25, 0.3) is 0 Å². The highest BCUT2D eigenvalue weighted by atomic mass is 16.4. The Morgan fingerprint density at radius 3 is 2.55 bits per heavy atom. The van der Waals surface area contributed by atoms with Gasteiger partial charge in [-0.1, -0.05) is 20.3 Å². The summed E-state index contributed by atoms with van der Waals surface area (Å²) < 4.78 is 0. The van der Waals surface area contributed by atoms with Crippen LogP contribution in [-0.4, -0.2) is 85.6 Å². The van der Waals surface area contributed by atoms with Crippen LogP contribution in [0.15, 0.2) is 12.5 Å². The normalized spacial score (nSPS) is 20.4. The number of aromatic amines is 1. The number of amides is 3. The fourth-order valence-corrected chi connectivity index (χ4v) is 3.73. The van der Waals surface area contributed by atoms with E-state index in [0.717, 1.165) is 0 Å². The van der Waals surface area contributed by atoms with Gasteiger partial charge in [0.05, 0.1) is 12.4 Å². The molecule has 12 heteroatoms. The number of aliphatic hydroxyl groups excluding tert-OH is 1. The number of aliphatic carboxylic acids is 1. The van der Waals surface area contributed by atoms with Gasteiger partial charge in [0.1, 0.15) is 24.2 Å². The minimum absolute atomic E-state index is 0.00435. The molecule has 1 aliphatic rings. The molecule has 33 heavy (non-hydrogen) atoms. The average Bonchev–Trinajstić information content (AvgIpc) is 3.47. The lowest BCUT2D eigenvalue weighted by molar-refractivity contribution is -0.144. The lowest BCUT2D eigenvalue weighted by Crippen LogP contribution is -2.59. The number of likely N-dealkylation sites (tertiary alicyclic amines) is 1. The number of aliphatic hydroxyl groups is 1. The van der Waals surface area contributed by atoms with Gasteiger partial charge in [-0.25, -0.2) is 9.78 Å². The summed E-state index contributed by atoms with van der Waals surface area (Å²) in [6, 6.07) is -4.17. The van der Waals surface area contributed by atoms with E-state index in [2.05, 4.69) is 20.6 Å². The molecule has 2 heterocycles. The van der Waals surface area contributed by atoms with Crippen LogP contribution in [-0.2, 0) is 25.6 Å². The van der Waals surface area contributed by atoms with Crippen molar-refractivity contribution in [3.8, 4) is 0 Å². The molecule has 12 nitrogen and oxygen atoms in total. The second-order valence-corrected chi connectivity index (χ2v) is 8.51. The lowest BCUT2D eigenvalue weighted by Gasteiger charge is -2.30. The summed E-state index contributed by atoms with van der Waals surface area (Å²) in [5.74, 6) is -3.17. The molecule has 0 bridgehead atoms. The average molecular weight is 467 g/mol. The number of nitrogens with two attached hydrogens (primary N) is 1. The molecule has 0 spiro atoms. The molecule has 0 saturated carbocycles. The summed E-state index contributed by atoms with van der Waals surface area (Å²) in [5, 5.41) is 24.4. The van der Waals surface area contributed by atoms with E-state index in [1.54, 1.807) is 6.92 Å². The minimum atomic E-state index is -1.22. The standard InChI is InChI=1S/C21H34N6O6/c1-4-11(2)17(19(30)25-14(21(32)33)8-13-9-23-10-24-13)26-18(29)15-6-5-7-27(15)20(31)16(22)12(3)28/h9-12,14-17,28H,4-8,22H2,1-3H3,(H,23,24)(H,25,30)(H,26,29)(H,32,33). The van der Waals surface area contributed by atoms with Crippen LogP contribution in [0.1, 0.15) is 45.7 Å². The Kier molecular flexibility index (Phi) is 9.35. The third-order valence-electron chi connectivity index (χ3n) is 6.03. The van der Waals surface area contributed by atoms with Gasteiger partial charge in [-0.3, -0.25) is 14.4 Å². The first kappa shape index (κ1) is 26.3. The molecule has 0 aliphatic carbocycles. The highest BCUT2D eigenvalue weighted by molar-refractivity contribution is 5.94. The molecule has 3 amide bonds. The Balaban J connectivity index is 2.12. The molecule has 1 saturated heterocycles. The SMILES string of the molecule is CCC(C)C(NC(=O)C1CCCN1C(=O)C(N)C(C)O)C(=O)NC(Cc1cnc[nH]1)C(=O)O. The number of hydrogen-bond donors (Lipinski definition) is 6. The molecule has 184 valence electrons. The second-order valence-electron chi connectivity index (χ2n) is 8.51. The number of carboxylic acid groups (broad SMARTS) is 1. The molecule has 6 unspecified atom stereocenters. The zero-order chi connectivity index (χ0) is 24.7. The number of nitrogens with zero attached hydrogens (tertiary/aromatic N) is 2. The predicted molar refractivity (Wildman–Crippen MR) is 118 cm³/mol. The smallest absolute Gasteiger partial charge is 0.326 e. The minimum Gasteiger partial charge on any atom is -0.480 e. The summed E-state index contributed by atoms with van der Waals surface area (Å²) in [6.07, 6.45) is 3.36. The van der Waals surface area contributed by atoms with Gasteiger partial charge in [-0.2, -0.15) is 0 Å². The summed E-state index contributed by atoms with van der Waals surface area (Å²) in [4.78, 5) is 58.3. The van der Waals surface area contributed by atoms with E-state index in [1.807, 2.05) is 6.92 Å². The van der Waals surface area contributed by atoms with Gasteiger partial charge in [0.15, 0.2) is 0 Å². The number of aromatic nitrogens is 2. The molecule has 6 atom stereocenters. The maximum absolute atomic E-state index is 13.0. The van der Waals surface area contributed by atoms with Crippen molar-refractivity contribution in [3.05, 3.63) is 18.2 Å². The van der Waals surface area contributed by atoms with Crippen molar-refractivity contribution in [2.75, 3.05) is 6.54 Å². The number of H-pyrrole nitrogens is 1. The summed E-state index contributed by atoms with van der Waals surface area (Å²) in [5.41, 5.74) is 6.30. The molecule has 7 N–H and O–H groups in total. The molecule has 0 radical (unpaired) electrons. The van der Waals surface area contributed by atoms with Crippen LogP contribution in [0, 0.1) is 5.92 Å². The number of rotatable bonds is 11. The largest absolute Gasteiger partial charge is 0.480 e.